The highest BCUT2D eigenvalue weighted by atomic mass is 16.5. The summed E-state index contributed by atoms with van der Waals surface area (Å²) in [6, 6.07) is 13.0. The fourth-order valence-electron chi connectivity index (χ4n) is 3.39. The van der Waals surface area contributed by atoms with Gasteiger partial charge in [-0.3, -0.25) is 14.1 Å². The van der Waals surface area contributed by atoms with Gasteiger partial charge in [0.2, 0.25) is 5.88 Å². The average Bonchev–Trinajstić information content (AvgIpc) is 2.93. The number of nitrogens with two attached hydrogens (primary N) is 1. The molecule has 0 aliphatic carbocycles. The number of hydrogen-bond acceptors (Lipinski definition) is 5. The van der Waals surface area contributed by atoms with E-state index in [4.69, 9.17) is 10.5 Å². The zero-order valence-electron chi connectivity index (χ0n) is 17.6. The lowest BCUT2D eigenvalue weighted by molar-refractivity contribution is 0.342. The smallest absolute Gasteiger partial charge is 0.328 e. The maximum Gasteiger partial charge on any atom is 0.328 e. The van der Waals surface area contributed by atoms with E-state index in [0.717, 1.165) is 16.6 Å². The minimum atomic E-state index is -0.0245. The van der Waals surface area contributed by atoms with Crippen LogP contribution in [0.4, 0.5) is 5.69 Å². The van der Waals surface area contributed by atoms with Crippen LogP contribution in [0.15, 0.2) is 59.7 Å². The molecule has 30 heavy (non-hydrogen) atoms. The third kappa shape index (κ3) is 3.91. The fraction of sp³-hybridized carbons (Fsp3) is 0.261. The zero-order chi connectivity index (χ0) is 21.5. The Bertz CT molecular complexity index is 1260. The van der Waals surface area contributed by atoms with Gasteiger partial charge in [-0.1, -0.05) is 26.8 Å². The second-order valence-corrected chi connectivity index (χ2v) is 8.61. The van der Waals surface area contributed by atoms with E-state index in [-0.39, 0.29) is 11.1 Å². The van der Waals surface area contributed by atoms with Crippen molar-refractivity contribution >= 4 is 16.7 Å². The van der Waals surface area contributed by atoms with Gasteiger partial charge in [0.25, 0.3) is 0 Å². The summed E-state index contributed by atoms with van der Waals surface area (Å²) >= 11 is 0. The molecule has 0 fully saturated rings. The van der Waals surface area contributed by atoms with Gasteiger partial charge in [-0.2, -0.15) is 0 Å². The lowest BCUT2D eigenvalue weighted by atomic mass is 9.97. The van der Waals surface area contributed by atoms with E-state index in [9.17, 15) is 4.79 Å². The summed E-state index contributed by atoms with van der Waals surface area (Å²) in [7, 11) is 1.79. The number of ether oxygens (including phenoxy) is 1. The molecule has 0 aliphatic rings. The molecule has 2 heterocycles. The number of nitrogens with zero attached hydrogens (tertiary/aromatic N) is 4. The predicted octanol–water partition coefficient (Wildman–Crippen LogP) is 4.22. The first-order valence-corrected chi connectivity index (χ1v) is 9.76. The van der Waals surface area contributed by atoms with E-state index in [0.29, 0.717) is 29.6 Å². The molecular weight excluding hydrogens is 378 g/mol. The number of aryl methyl sites for hydroxylation is 1. The molecule has 154 valence electrons. The van der Waals surface area contributed by atoms with E-state index in [2.05, 4.69) is 30.7 Å². The molecule has 0 unspecified atom stereocenters. The highest BCUT2D eigenvalue weighted by molar-refractivity contribution is 5.82. The molecule has 0 radical (unpaired) electrons. The Morgan fingerprint density at radius 1 is 1.03 bits per heavy atom. The Balaban J connectivity index is 1.71. The summed E-state index contributed by atoms with van der Waals surface area (Å²) in [4.78, 5) is 21.6. The quantitative estimate of drug-likeness (QED) is 0.516. The van der Waals surface area contributed by atoms with Crippen LogP contribution in [-0.4, -0.2) is 19.1 Å². The molecule has 0 bridgehead atoms. The molecule has 7 heteroatoms. The summed E-state index contributed by atoms with van der Waals surface area (Å²) in [6.45, 7) is 7.01. The first-order chi connectivity index (χ1) is 14.2. The number of aromatic nitrogens is 4. The van der Waals surface area contributed by atoms with Crippen LogP contribution in [0.5, 0.6) is 11.6 Å². The number of hydrogen-bond donors (Lipinski definition) is 1. The number of nitrogen functional groups attached to an aromatic ring is 1. The van der Waals surface area contributed by atoms with Gasteiger partial charge in [0.1, 0.15) is 5.75 Å². The van der Waals surface area contributed by atoms with Crippen molar-refractivity contribution in [1.82, 2.24) is 19.1 Å². The Morgan fingerprint density at radius 3 is 2.47 bits per heavy atom. The van der Waals surface area contributed by atoms with Gasteiger partial charge in [-0.25, -0.2) is 9.78 Å². The van der Waals surface area contributed by atoms with Gasteiger partial charge < -0.3 is 10.5 Å². The lowest BCUT2D eigenvalue weighted by Crippen LogP contribution is -2.27. The molecule has 2 aromatic heterocycles. The molecule has 0 aliphatic heterocycles. The topological polar surface area (TPSA) is 88.0 Å². The first-order valence-electron chi connectivity index (χ1n) is 9.76. The van der Waals surface area contributed by atoms with Gasteiger partial charge in [-0.05, 0) is 41.8 Å². The second-order valence-electron chi connectivity index (χ2n) is 8.61. The maximum absolute atomic E-state index is 12.8. The number of fused-ring (bicyclic) bond motifs is 1. The molecule has 0 saturated carbocycles. The van der Waals surface area contributed by atoms with Crippen molar-refractivity contribution in [3.8, 4) is 22.9 Å². The molecule has 2 N–H and O–H groups in total. The Labute approximate surface area is 174 Å². The van der Waals surface area contributed by atoms with E-state index in [1.807, 2.05) is 22.8 Å². The molecule has 7 nitrogen and oxygen atoms in total. The SMILES string of the molecule is Cn1c(=O)n(CC(C)(C)C)c2ccc(-c3cncc(Oc4ccc(N)cc4)n3)cc21. The normalized spacial score (nSPS) is 11.7. The van der Waals surface area contributed by atoms with Crippen molar-refractivity contribution in [1.29, 1.82) is 0 Å². The van der Waals surface area contributed by atoms with Crippen molar-refractivity contribution < 1.29 is 4.74 Å². The largest absolute Gasteiger partial charge is 0.437 e. The monoisotopic (exact) mass is 403 g/mol. The number of anilines is 1. The number of imidazole rings is 1. The first kappa shape index (κ1) is 19.7. The van der Waals surface area contributed by atoms with Crippen molar-refractivity contribution in [3.05, 3.63) is 65.3 Å². The third-order valence-electron chi connectivity index (χ3n) is 4.79. The van der Waals surface area contributed by atoms with Gasteiger partial charge >= 0.3 is 5.69 Å². The standard InChI is InChI=1S/C23H25N5O2/c1-23(2,3)14-28-19-10-5-15(11-20(19)27(4)22(28)29)18-12-25-13-21(26-18)30-17-8-6-16(24)7-9-17/h5-13H,14,24H2,1-4H3. The molecular formula is C23H25N5O2. The lowest BCUT2D eigenvalue weighted by Gasteiger charge is -2.18. The van der Waals surface area contributed by atoms with Crippen molar-refractivity contribution in [2.75, 3.05) is 5.73 Å². The van der Waals surface area contributed by atoms with Crippen molar-refractivity contribution in [3.63, 3.8) is 0 Å². The van der Waals surface area contributed by atoms with Crippen LogP contribution >= 0.6 is 0 Å². The van der Waals surface area contributed by atoms with Crippen LogP contribution in [0.2, 0.25) is 0 Å². The zero-order valence-corrected chi connectivity index (χ0v) is 17.6. The molecule has 4 rings (SSSR count). The molecule has 0 atom stereocenters. The van der Waals surface area contributed by atoms with E-state index in [1.54, 1.807) is 48.3 Å². The van der Waals surface area contributed by atoms with Crippen LogP contribution in [0, 0.1) is 5.41 Å². The van der Waals surface area contributed by atoms with Crippen molar-refractivity contribution in [2.45, 2.75) is 27.3 Å². The minimum Gasteiger partial charge on any atom is -0.437 e. The van der Waals surface area contributed by atoms with E-state index >= 15 is 0 Å². The molecule has 0 spiro atoms. The third-order valence-corrected chi connectivity index (χ3v) is 4.79. The summed E-state index contributed by atoms with van der Waals surface area (Å²) < 4.78 is 9.29. The van der Waals surface area contributed by atoms with Gasteiger partial charge in [-0.15, -0.1) is 0 Å². The summed E-state index contributed by atoms with van der Waals surface area (Å²) in [6.07, 6.45) is 3.25. The van der Waals surface area contributed by atoms with Gasteiger partial charge in [0.15, 0.2) is 0 Å². The summed E-state index contributed by atoms with van der Waals surface area (Å²) in [5, 5.41) is 0. The highest BCUT2D eigenvalue weighted by Gasteiger charge is 2.18. The van der Waals surface area contributed by atoms with Crippen LogP contribution in [0.3, 0.4) is 0 Å². The molecule has 2 aromatic carbocycles. The minimum absolute atomic E-state index is 0.00394. The summed E-state index contributed by atoms with van der Waals surface area (Å²) in [5.41, 5.74) is 9.64. The number of rotatable bonds is 4. The molecule has 4 aromatic rings. The van der Waals surface area contributed by atoms with Crippen LogP contribution in [0.25, 0.3) is 22.3 Å². The Hall–Kier alpha value is -3.61. The Kier molecular flexibility index (Phi) is 4.81. The predicted molar refractivity (Wildman–Crippen MR) is 119 cm³/mol. The van der Waals surface area contributed by atoms with Crippen LogP contribution in [0.1, 0.15) is 20.8 Å². The molecule has 0 amide bonds. The second kappa shape index (κ2) is 7.33. The van der Waals surface area contributed by atoms with E-state index in [1.165, 1.54) is 0 Å². The summed E-state index contributed by atoms with van der Waals surface area (Å²) in [5.74, 6) is 1.02. The highest BCUT2D eigenvalue weighted by Crippen LogP contribution is 2.27. The van der Waals surface area contributed by atoms with Gasteiger partial charge in [0.05, 0.1) is 29.1 Å². The number of benzene rings is 2. The fourth-order valence-corrected chi connectivity index (χ4v) is 3.39. The molecule has 0 saturated heterocycles. The van der Waals surface area contributed by atoms with Gasteiger partial charge in [0, 0.05) is 24.8 Å². The van der Waals surface area contributed by atoms with Crippen LogP contribution in [-0.2, 0) is 13.6 Å². The average molecular weight is 403 g/mol. The van der Waals surface area contributed by atoms with Crippen LogP contribution < -0.4 is 16.2 Å². The van der Waals surface area contributed by atoms with Crippen molar-refractivity contribution in [2.24, 2.45) is 12.5 Å². The van der Waals surface area contributed by atoms with E-state index < -0.39 is 0 Å². The maximum atomic E-state index is 12.8. The Morgan fingerprint density at radius 2 is 1.77 bits per heavy atom.